The van der Waals surface area contributed by atoms with Crippen molar-refractivity contribution in [2.45, 2.75) is 33.6 Å². The van der Waals surface area contributed by atoms with Crippen LogP contribution in [0.5, 0.6) is 0 Å². The number of hydrogen-bond acceptors (Lipinski definition) is 2. The molecule has 100 valence electrons. The molecule has 0 radical (unpaired) electrons. The lowest BCUT2D eigenvalue weighted by Gasteiger charge is -2.14. The maximum absolute atomic E-state index is 11.1. The summed E-state index contributed by atoms with van der Waals surface area (Å²) in [4.78, 5) is 11.1. The smallest absolute Gasteiger partial charge is 0.356 e. The van der Waals surface area contributed by atoms with Crippen molar-refractivity contribution in [1.82, 2.24) is 9.78 Å². The van der Waals surface area contributed by atoms with Gasteiger partial charge >= 0.3 is 5.97 Å². The predicted octanol–water partition coefficient (Wildman–Crippen LogP) is 3.31. The molecule has 0 unspecified atom stereocenters. The third-order valence-electron chi connectivity index (χ3n) is 3.20. The van der Waals surface area contributed by atoms with E-state index in [0.29, 0.717) is 0 Å². The predicted molar refractivity (Wildman–Crippen MR) is 74.1 cm³/mol. The Morgan fingerprint density at radius 3 is 2.32 bits per heavy atom. The average Bonchev–Trinajstić information content (AvgIpc) is 2.73. The number of nitrogens with zero attached hydrogens (tertiary/aromatic N) is 2. The summed E-state index contributed by atoms with van der Waals surface area (Å²) < 4.78 is 1.76. The minimum absolute atomic E-state index is 0.0892. The second kappa shape index (κ2) is 4.88. The Balaban J connectivity index is 2.70. The van der Waals surface area contributed by atoms with Gasteiger partial charge < -0.3 is 5.11 Å². The van der Waals surface area contributed by atoms with Crippen LogP contribution >= 0.6 is 0 Å². The maximum atomic E-state index is 11.1. The highest BCUT2D eigenvalue weighted by Gasteiger charge is 2.18. The molecule has 1 aromatic carbocycles. The zero-order chi connectivity index (χ0) is 14.2. The minimum Gasteiger partial charge on any atom is -0.476 e. The number of aromatic nitrogens is 2. The van der Waals surface area contributed by atoms with Crippen LogP contribution in [0.25, 0.3) is 5.69 Å². The number of aromatic carboxylic acids is 1. The summed E-state index contributed by atoms with van der Waals surface area (Å²) >= 11 is 0. The van der Waals surface area contributed by atoms with Gasteiger partial charge in [-0.1, -0.05) is 32.0 Å². The van der Waals surface area contributed by atoms with E-state index in [1.807, 2.05) is 45.9 Å². The Bertz CT molecular complexity index is 607. The molecule has 2 rings (SSSR count). The van der Waals surface area contributed by atoms with E-state index in [4.69, 9.17) is 5.11 Å². The van der Waals surface area contributed by atoms with Crippen molar-refractivity contribution < 1.29 is 9.90 Å². The third kappa shape index (κ3) is 2.38. The van der Waals surface area contributed by atoms with Gasteiger partial charge in [-0.3, -0.25) is 0 Å². The molecular weight excluding hydrogens is 240 g/mol. The quantitative estimate of drug-likeness (QED) is 0.918. The Morgan fingerprint density at radius 2 is 1.84 bits per heavy atom. The standard InChI is InChI=1S/C15H18N2O2/c1-9(2)13-8-12(15(18)19)16-17(13)14-10(3)6-5-7-11(14)4/h5-9H,1-4H3,(H,18,19). The van der Waals surface area contributed by atoms with E-state index in [9.17, 15) is 4.79 Å². The number of carboxylic acid groups (broad SMARTS) is 1. The summed E-state index contributed by atoms with van der Waals surface area (Å²) in [5, 5.41) is 13.4. The fraction of sp³-hybridized carbons (Fsp3) is 0.333. The first-order valence-corrected chi connectivity index (χ1v) is 6.31. The molecule has 0 aliphatic carbocycles. The van der Waals surface area contributed by atoms with Gasteiger partial charge in [0.2, 0.25) is 0 Å². The molecule has 0 atom stereocenters. The molecule has 0 bridgehead atoms. The second-order valence-corrected chi connectivity index (χ2v) is 5.07. The monoisotopic (exact) mass is 258 g/mol. The highest BCUT2D eigenvalue weighted by molar-refractivity contribution is 5.85. The summed E-state index contributed by atoms with van der Waals surface area (Å²) in [5.74, 6) is -0.786. The van der Waals surface area contributed by atoms with Gasteiger partial charge in [0.1, 0.15) is 0 Å². The summed E-state index contributed by atoms with van der Waals surface area (Å²) in [5.41, 5.74) is 4.14. The summed E-state index contributed by atoms with van der Waals surface area (Å²) in [7, 11) is 0. The number of para-hydroxylation sites is 1. The molecule has 1 heterocycles. The normalized spacial score (nSPS) is 11.0. The lowest BCUT2D eigenvalue weighted by Crippen LogP contribution is -2.08. The zero-order valence-electron chi connectivity index (χ0n) is 11.6. The Labute approximate surface area is 112 Å². The van der Waals surface area contributed by atoms with Crippen LogP contribution in [0.4, 0.5) is 0 Å². The topological polar surface area (TPSA) is 55.1 Å². The average molecular weight is 258 g/mol. The van der Waals surface area contributed by atoms with E-state index in [-0.39, 0.29) is 11.6 Å². The van der Waals surface area contributed by atoms with Crippen molar-refractivity contribution in [2.24, 2.45) is 0 Å². The molecule has 0 aliphatic rings. The molecular formula is C15H18N2O2. The number of rotatable bonds is 3. The first-order chi connectivity index (χ1) is 8.91. The van der Waals surface area contributed by atoms with E-state index in [1.54, 1.807) is 10.7 Å². The molecule has 0 amide bonds. The van der Waals surface area contributed by atoms with Gasteiger partial charge in [-0.15, -0.1) is 0 Å². The molecule has 0 aliphatic heterocycles. The number of benzene rings is 1. The molecule has 1 aromatic heterocycles. The Kier molecular flexibility index (Phi) is 3.42. The molecule has 1 N–H and O–H groups in total. The number of hydrogen-bond donors (Lipinski definition) is 1. The van der Waals surface area contributed by atoms with Gasteiger partial charge in [0.05, 0.1) is 5.69 Å². The zero-order valence-corrected chi connectivity index (χ0v) is 11.6. The van der Waals surface area contributed by atoms with Gasteiger partial charge in [0.25, 0.3) is 0 Å². The maximum Gasteiger partial charge on any atom is 0.356 e. The fourth-order valence-corrected chi connectivity index (χ4v) is 2.23. The SMILES string of the molecule is Cc1cccc(C)c1-n1nc(C(=O)O)cc1C(C)C. The van der Waals surface area contributed by atoms with Crippen molar-refractivity contribution in [3.05, 3.63) is 46.8 Å². The van der Waals surface area contributed by atoms with Crippen LogP contribution in [0, 0.1) is 13.8 Å². The van der Waals surface area contributed by atoms with Crippen LogP contribution in [-0.4, -0.2) is 20.9 Å². The highest BCUT2D eigenvalue weighted by Crippen LogP contribution is 2.25. The van der Waals surface area contributed by atoms with E-state index in [2.05, 4.69) is 5.10 Å². The molecule has 0 saturated heterocycles. The van der Waals surface area contributed by atoms with Gasteiger partial charge in [0, 0.05) is 5.69 Å². The minimum atomic E-state index is -0.994. The second-order valence-electron chi connectivity index (χ2n) is 5.07. The largest absolute Gasteiger partial charge is 0.476 e. The fourth-order valence-electron chi connectivity index (χ4n) is 2.23. The molecule has 4 heteroatoms. The van der Waals surface area contributed by atoms with Gasteiger partial charge in [-0.2, -0.15) is 5.10 Å². The molecule has 19 heavy (non-hydrogen) atoms. The molecule has 2 aromatic rings. The lowest BCUT2D eigenvalue weighted by atomic mass is 10.1. The first-order valence-electron chi connectivity index (χ1n) is 6.31. The van der Waals surface area contributed by atoms with Crippen LogP contribution < -0.4 is 0 Å². The van der Waals surface area contributed by atoms with Crippen molar-refractivity contribution >= 4 is 5.97 Å². The molecule has 0 saturated carbocycles. The van der Waals surface area contributed by atoms with E-state index >= 15 is 0 Å². The van der Waals surface area contributed by atoms with Crippen LogP contribution in [0.2, 0.25) is 0 Å². The Morgan fingerprint density at radius 1 is 1.26 bits per heavy atom. The van der Waals surface area contributed by atoms with Gasteiger partial charge in [0.15, 0.2) is 5.69 Å². The van der Waals surface area contributed by atoms with Crippen LogP contribution in [0.15, 0.2) is 24.3 Å². The summed E-state index contributed by atoms with van der Waals surface area (Å²) in [6.07, 6.45) is 0. The van der Waals surface area contributed by atoms with E-state index in [0.717, 1.165) is 22.5 Å². The number of carbonyl (C=O) groups is 1. The van der Waals surface area contributed by atoms with Gasteiger partial charge in [-0.05, 0) is 37.0 Å². The van der Waals surface area contributed by atoms with E-state index in [1.165, 1.54) is 0 Å². The molecule has 0 spiro atoms. The Hall–Kier alpha value is -2.10. The summed E-state index contributed by atoms with van der Waals surface area (Å²) in [6.45, 7) is 8.09. The number of carboxylic acids is 1. The first kappa shape index (κ1) is 13.3. The highest BCUT2D eigenvalue weighted by atomic mass is 16.4. The van der Waals surface area contributed by atoms with Crippen LogP contribution in [-0.2, 0) is 0 Å². The van der Waals surface area contributed by atoms with Crippen molar-refractivity contribution in [2.75, 3.05) is 0 Å². The molecule has 4 nitrogen and oxygen atoms in total. The third-order valence-corrected chi connectivity index (χ3v) is 3.20. The van der Waals surface area contributed by atoms with Gasteiger partial charge in [-0.25, -0.2) is 9.48 Å². The lowest BCUT2D eigenvalue weighted by molar-refractivity contribution is 0.0690. The molecule has 0 fully saturated rings. The van der Waals surface area contributed by atoms with Crippen LogP contribution in [0.3, 0.4) is 0 Å². The van der Waals surface area contributed by atoms with Crippen LogP contribution in [0.1, 0.15) is 47.1 Å². The van der Waals surface area contributed by atoms with Crippen molar-refractivity contribution in [3.8, 4) is 5.69 Å². The summed E-state index contributed by atoms with van der Waals surface area (Å²) in [6, 6.07) is 7.66. The number of aryl methyl sites for hydroxylation is 2. The van der Waals surface area contributed by atoms with Crippen molar-refractivity contribution in [1.29, 1.82) is 0 Å². The van der Waals surface area contributed by atoms with E-state index < -0.39 is 5.97 Å². The van der Waals surface area contributed by atoms with Crippen molar-refractivity contribution in [3.63, 3.8) is 0 Å².